The topological polar surface area (TPSA) is 42.2 Å². The van der Waals surface area contributed by atoms with Crippen LogP contribution in [0.25, 0.3) is 16.6 Å². The van der Waals surface area contributed by atoms with E-state index >= 15 is 0 Å². The van der Waals surface area contributed by atoms with Gasteiger partial charge in [0.1, 0.15) is 10.8 Å². The minimum Gasteiger partial charge on any atom is -0.363 e. The summed E-state index contributed by atoms with van der Waals surface area (Å²) < 4.78 is 1.84. The number of hydrogen-bond donors (Lipinski definition) is 1. The molecule has 0 unspecified atom stereocenters. The van der Waals surface area contributed by atoms with Gasteiger partial charge in [0.25, 0.3) is 0 Å². The van der Waals surface area contributed by atoms with E-state index in [0.29, 0.717) is 10.7 Å². The summed E-state index contributed by atoms with van der Waals surface area (Å²) in [4.78, 5) is 4.85. The van der Waals surface area contributed by atoms with Crippen LogP contribution in [0.2, 0.25) is 5.02 Å². The zero-order valence-electron chi connectivity index (χ0n) is 14.5. The molecule has 2 heterocycles. The SMILES string of the molecule is Cc1nn2c(nc(N[C@H]3CCCc4ccccc43)c3ccccc32)c1Cl. The van der Waals surface area contributed by atoms with Crippen molar-refractivity contribution in [2.24, 2.45) is 0 Å². The van der Waals surface area contributed by atoms with Crippen molar-refractivity contribution in [3.8, 4) is 0 Å². The minimum atomic E-state index is 0.265. The number of benzene rings is 2. The Labute approximate surface area is 156 Å². The number of aromatic nitrogens is 3. The molecule has 5 heteroatoms. The average Bonchev–Trinajstić information content (AvgIpc) is 2.97. The number of anilines is 1. The Kier molecular flexibility index (Phi) is 3.61. The second-order valence-electron chi connectivity index (χ2n) is 6.90. The number of rotatable bonds is 2. The Morgan fingerprint density at radius 2 is 1.92 bits per heavy atom. The zero-order chi connectivity index (χ0) is 17.7. The first-order valence-electron chi connectivity index (χ1n) is 9.00. The summed E-state index contributed by atoms with van der Waals surface area (Å²) >= 11 is 6.46. The molecule has 130 valence electrons. The minimum absolute atomic E-state index is 0.265. The first-order chi connectivity index (χ1) is 12.7. The fraction of sp³-hybridized carbons (Fsp3) is 0.238. The van der Waals surface area contributed by atoms with Crippen LogP contribution in [0.5, 0.6) is 0 Å². The molecule has 2 aromatic heterocycles. The zero-order valence-corrected chi connectivity index (χ0v) is 15.3. The predicted molar refractivity (Wildman–Crippen MR) is 106 cm³/mol. The molecule has 0 fully saturated rings. The number of nitrogens with one attached hydrogen (secondary N) is 1. The standard InChI is InChI=1S/C21H19ClN4/c1-13-19(22)21-24-20(16-10-4-5-12-18(16)26(21)25-13)23-17-11-6-8-14-7-2-3-9-15(14)17/h2-5,7,9-10,12,17H,6,8,11H2,1H3,(H,23,24)/t17-/m0/s1. The Morgan fingerprint density at radius 1 is 1.12 bits per heavy atom. The molecular formula is C21H19ClN4. The van der Waals surface area contributed by atoms with Gasteiger partial charge in [-0.25, -0.2) is 9.50 Å². The van der Waals surface area contributed by atoms with Crippen molar-refractivity contribution < 1.29 is 0 Å². The maximum Gasteiger partial charge on any atom is 0.176 e. The highest BCUT2D eigenvalue weighted by molar-refractivity contribution is 6.34. The molecule has 26 heavy (non-hydrogen) atoms. The average molecular weight is 363 g/mol. The summed E-state index contributed by atoms with van der Waals surface area (Å²) in [5.41, 5.74) is 5.32. The van der Waals surface area contributed by atoms with Crippen molar-refractivity contribution in [1.29, 1.82) is 0 Å². The molecule has 0 bridgehead atoms. The van der Waals surface area contributed by atoms with Crippen molar-refractivity contribution in [3.05, 3.63) is 70.4 Å². The summed E-state index contributed by atoms with van der Waals surface area (Å²) in [5.74, 6) is 0.872. The van der Waals surface area contributed by atoms with Crippen LogP contribution >= 0.6 is 11.6 Å². The van der Waals surface area contributed by atoms with Gasteiger partial charge >= 0.3 is 0 Å². The lowest BCUT2D eigenvalue weighted by atomic mass is 9.88. The van der Waals surface area contributed by atoms with Crippen LogP contribution in [0.15, 0.2) is 48.5 Å². The summed E-state index contributed by atoms with van der Waals surface area (Å²) in [6.07, 6.45) is 3.43. The first-order valence-corrected chi connectivity index (χ1v) is 9.38. The largest absolute Gasteiger partial charge is 0.363 e. The van der Waals surface area contributed by atoms with Gasteiger partial charge in [-0.1, -0.05) is 48.0 Å². The lowest BCUT2D eigenvalue weighted by molar-refractivity contribution is 0.599. The monoisotopic (exact) mass is 362 g/mol. The molecule has 1 aliphatic carbocycles. The number of hydrogen-bond acceptors (Lipinski definition) is 3. The Morgan fingerprint density at radius 3 is 2.85 bits per heavy atom. The van der Waals surface area contributed by atoms with Gasteiger partial charge in [-0.15, -0.1) is 0 Å². The van der Waals surface area contributed by atoms with E-state index < -0.39 is 0 Å². The summed E-state index contributed by atoms with van der Waals surface area (Å²) in [5, 5.41) is 9.93. The molecule has 1 aliphatic rings. The summed E-state index contributed by atoms with van der Waals surface area (Å²) in [6, 6.07) is 17.2. The van der Waals surface area contributed by atoms with Crippen molar-refractivity contribution >= 4 is 34.0 Å². The second kappa shape index (κ2) is 5.99. The van der Waals surface area contributed by atoms with Crippen molar-refractivity contribution in [2.75, 3.05) is 5.32 Å². The van der Waals surface area contributed by atoms with E-state index in [1.54, 1.807) is 0 Å². The third-order valence-corrected chi connectivity index (χ3v) is 5.69. The van der Waals surface area contributed by atoms with Gasteiger partial charge in [0.05, 0.1) is 17.3 Å². The number of nitrogens with zero attached hydrogens (tertiary/aromatic N) is 3. The quantitative estimate of drug-likeness (QED) is 0.523. The highest BCUT2D eigenvalue weighted by atomic mass is 35.5. The Hall–Kier alpha value is -2.59. The lowest BCUT2D eigenvalue weighted by Gasteiger charge is -2.27. The highest BCUT2D eigenvalue weighted by Crippen LogP contribution is 2.35. The fourth-order valence-corrected chi connectivity index (χ4v) is 4.12. The van der Waals surface area contributed by atoms with E-state index in [1.165, 1.54) is 17.5 Å². The molecule has 4 nitrogen and oxygen atoms in total. The molecule has 0 amide bonds. The van der Waals surface area contributed by atoms with E-state index in [2.05, 4.69) is 46.8 Å². The van der Waals surface area contributed by atoms with Crippen LogP contribution in [0, 0.1) is 6.92 Å². The van der Waals surface area contributed by atoms with Gasteiger partial charge in [0, 0.05) is 5.39 Å². The smallest absolute Gasteiger partial charge is 0.176 e. The van der Waals surface area contributed by atoms with Gasteiger partial charge in [-0.3, -0.25) is 0 Å². The van der Waals surface area contributed by atoms with E-state index in [0.717, 1.165) is 35.3 Å². The van der Waals surface area contributed by atoms with Crippen LogP contribution in [-0.4, -0.2) is 14.6 Å². The molecule has 1 atom stereocenters. The van der Waals surface area contributed by atoms with Gasteiger partial charge < -0.3 is 5.32 Å². The molecule has 0 radical (unpaired) electrons. The molecule has 0 spiro atoms. The first kappa shape index (κ1) is 15.6. The Bertz CT molecular complexity index is 1130. The van der Waals surface area contributed by atoms with E-state index in [4.69, 9.17) is 16.6 Å². The van der Waals surface area contributed by atoms with E-state index in [9.17, 15) is 0 Å². The molecule has 1 N–H and O–H groups in total. The van der Waals surface area contributed by atoms with Crippen molar-refractivity contribution in [3.63, 3.8) is 0 Å². The third kappa shape index (κ3) is 2.36. The second-order valence-corrected chi connectivity index (χ2v) is 7.28. The van der Waals surface area contributed by atoms with Crippen LogP contribution < -0.4 is 5.32 Å². The lowest BCUT2D eigenvalue weighted by Crippen LogP contribution is -2.18. The summed E-state index contributed by atoms with van der Waals surface area (Å²) in [6.45, 7) is 1.91. The van der Waals surface area contributed by atoms with E-state index in [1.807, 2.05) is 23.6 Å². The van der Waals surface area contributed by atoms with Gasteiger partial charge in [0.15, 0.2) is 5.65 Å². The van der Waals surface area contributed by atoms with Crippen LogP contribution in [-0.2, 0) is 6.42 Å². The highest BCUT2D eigenvalue weighted by Gasteiger charge is 2.22. The maximum absolute atomic E-state index is 6.46. The molecule has 4 aromatic rings. The number of halogens is 1. The number of aryl methyl sites for hydroxylation is 2. The fourth-order valence-electron chi connectivity index (χ4n) is 3.96. The number of fused-ring (bicyclic) bond motifs is 4. The van der Waals surface area contributed by atoms with Crippen molar-refractivity contribution in [2.45, 2.75) is 32.2 Å². The molecule has 5 rings (SSSR count). The maximum atomic E-state index is 6.46. The molecular weight excluding hydrogens is 344 g/mol. The molecule has 0 saturated heterocycles. The molecule has 2 aromatic carbocycles. The number of para-hydroxylation sites is 1. The predicted octanol–water partition coefficient (Wildman–Crippen LogP) is 5.33. The summed E-state index contributed by atoms with van der Waals surface area (Å²) in [7, 11) is 0. The van der Waals surface area contributed by atoms with Crippen LogP contribution in [0.1, 0.15) is 35.7 Å². The van der Waals surface area contributed by atoms with Crippen molar-refractivity contribution in [1.82, 2.24) is 14.6 Å². The molecule has 0 saturated carbocycles. The van der Waals surface area contributed by atoms with Crippen LogP contribution in [0.3, 0.4) is 0 Å². The third-order valence-electron chi connectivity index (χ3n) is 5.25. The Balaban J connectivity index is 1.68. The normalized spacial score (nSPS) is 16.8. The van der Waals surface area contributed by atoms with Crippen LogP contribution in [0.4, 0.5) is 5.82 Å². The van der Waals surface area contributed by atoms with Gasteiger partial charge in [-0.2, -0.15) is 5.10 Å². The van der Waals surface area contributed by atoms with E-state index in [-0.39, 0.29) is 6.04 Å². The molecule has 0 aliphatic heterocycles. The van der Waals surface area contributed by atoms with Gasteiger partial charge in [0.2, 0.25) is 0 Å². The van der Waals surface area contributed by atoms with Gasteiger partial charge in [-0.05, 0) is 49.4 Å².